The predicted octanol–water partition coefficient (Wildman–Crippen LogP) is 13.0. The topological polar surface area (TPSA) is 191 Å². The number of carbonyl (C=O) groups excluding carboxylic acids is 1. The van der Waals surface area contributed by atoms with Crippen LogP contribution in [0.1, 0.15) is 50.1 Å². The van der Waals surface area contributed by atoms with Gasteiger partial charge in [-0.25, -0.2) is 29.9 Å². The number of phenols is 4. The van der Waals surface area contributed by atoms with E-state index < -0.39 is 0 Å². The van der Waals surface area contributed by atoms with E-state index in [2.05, 4.69) is 79.7 Å². The van der Waals surface area contributed by atoms with Gasteiger partial charge in [-0.2, -0.15) is 0 Å². The normalized spacial score (nSPS) is 10.5. The first-order valence-corrected chi connectivity index (χ1v) is 25.0. The second kappa shape index (κ2) is 28.1. The minimum atomic E-state index is -0.0839. The Morgan fingerprint density at radius 3 is 1.06 bits per heavy atom. The number of hydrogen-bond acceptors (Lipinski definition) is 13. The molecular weight excluding hydrogens is 961 g/mol. The lowest BCUT2D eigenvalue weighted by Crippen LogP contribution is -2.23. The highest BCUT2D eigenvalue weighted by Gasteiger charge is 2.22. The maximum Gasteiger partial charge on any atom is 0.167 e. The van der Waals surface area contributed by atoms with E-state index in [0.717, 1.165) is 79.9 Å². The van der Waals surface area contributed by atoms with E-state index >= 15 is 0 Å². The van der Waals surface area contributed by atoms with E-state index in [4.69, 9.17) is 24.7 Å². The summed E-state index contributed by atoms with van der Waals surface area (Å²) in [6, 6.07) is 32.2. The molecular formula is C64H70N8O5. The smallest absolute Gasteiger partial charge is 0.167 e. The zero-order chi connectivity index (χ0) is 56.3. The van der Waals surface area contributed by atoms with Gasteiger partial charge in [0.2, 0.25) is 0 Å². The first-order valence-electron chi connectivity index (χ1n) is 25.0. The molecule has 0 aliphatic carbocycles. The molecule has 0 aliphatic rings. The lowest BCUT2D eigenvalue weighted by molar-refractivity contribution is -0.0980. The monoisotopic (exact) mass is 1030 g/mol. The van der Waals surface area contributed by atoms with Gasteiger partial charge in [0.15, 0.2) is 34.9 Å². The molecule has 0 atom stereocenters. The third kappa shape index (κ3) is 15.6. The van der Waals surface area contributed by atoms with Gasteiger partial charge in [0.05, 0.1) is 16.7 Å². The van der Waals surface area contributed by atoms with E-state index in [1.807, 2.05) is 114 Å². The van der Waals surface area contributed by atoms with Crippen LogP contribution >= 0.6 is 0 Å². The van der Waals surface area contributed by atoms with Crippen molar-refractivity contribution in [2.45, 2.75) is 61.9 Å². The fraction of sp³-hybridized carbons (Fsp3) is 0.203. The van der Waals surface area contributed by atoms with Gasteiger partial charge in [-0.15, -0.1) is 26.3 Å². The Kier molecular flexibility index (Phi) is 21.5. The third-order valence-corrected chi connectivity index (χ3v) is 12.2. The Labute approximate surface area is 453 Å². The highest BCUT2D eigenvalue weighted by Crippen LogP contribution is 2.39. The van der Waals surface area contributed by atoms with E-state index in [9.17, 15) is 20.4 Å². The van der Waals surface area contributed by atoms with Gasteiger partial charge in [0.25, 0.3) is 0 Å². The molecule has 0 unspecified atom stereocenters. The SMILES string of the molecule is C=CCN(CC=C)Cc1c(O)ccc(-c2nc(-c3ccc(C)cc3C)nc(-c3ccc(C)cc3C)n2)c1O.C=CCNCC=C.C=O.Cc1ccc(-c2nc(-c3ccc(C)cc3C)nc(-c3ccc(O)cc3O)n2)c(C)c1. The van der Waals surface area contributed by atoms with Crippen LogP contribution in [0.4, 0.5) is 0 Å². The molecule has 0 saturated carbocycles. The number of carbonyl (C=O) groups is 1. The average Bonchev–Trinajstić information content (AvgIpc) is 3.40. The van der Waals surface area contributed by atoms with Crippen LogP contribution in [0, 0.1) is 55.4 Å². The van der Waals surface area contributed by atoms with E-state index in [0.29, 0.717) is 71.3 Å². The van der Waals surface area contributed by atoms with Gasteiger partial charge < -0.3 is 30.5 Å². The molecule has 8 rings (SSSR count). The number of nitrogens with one attached hydrogen (secondary N) is 1. The van der Waals surface area contributed by atoms with Crippen molar-refractivity contribution >= 4 is 6.79 Å². The molecule has 0 spiro atoms. The quantitative estimate of drug-likeness (QED) is 0.0454. The molecule has 0 bridgehead atoms. The first kappa shape index (κ1) is 59.0. The standard InChI is InChI=1S/C32H34N4O2.C25H23N3O2.C6H11N.CH2O/c1-7-15-36(16-8-2)19-27-28(37)14-13-26(29(27)38)32-34-30(24-11-9-20(3)17-22(24)5)33-31(35-32)25-12-10-21(4)18-23(25)6;1-14-5-8-19(16(3)11-14)23-26-24(20-9-6-15(2)12-17(20)4)28-25(27-23)21-10-7-18(29)13-22(21)30;1-3-5-7-6-4-2;1-2/h7-14,17-18,37-38H,1-2,15-16,19H2,3-6H3;5-13,29-30H,1-4H3;3-4,7H,1-2,5-6H2;1H2. The number of aromatic nitrogens is 6. The van der Waals surface area contributed by atoms with Crippen molar-refractivity contribution < 1.29 is 25.2 Å². The minimum Gasteiger partial charge on any atom is -0.508 e. The molecule has 13 nitrogen and oxygen atoms in total. The Morgan fingerprint density at radius 2 is 0.740 bits per heavy atom. The summed E-state index contributed by atoms with van der Waals surface area (Å²) >= 11 is 0. The summed E-state index contributed by atoms with van der Waals surface area (Å²) in [5.74, 6) is 2.66. The van der Waals surface area contributed by atoms with Crippen LogP contribution in [0.15, 0.2) is 154 Å². The number of nitrogens with zero attached hydrogens (tertiary/aromatic N) is 7. The van der Waals surface area contributed by atoms with Crippen LogP contribution in [-0.4, -0.2) is 88.2 Å². The maximum absolute atomic E-state index is 11.4. The summed E-state index contributed by atoms with van der Waals surface area (Å²) in [7, 11) is 0. The Morgan fingerprint density at radius 1 is 0.416 bits per heavy atom. The van der Waals surface area contributed by atoms with Crippen molar-refractivity contribution in [3.63, 3.8) is 0 Å². The number of phenolic OH excluding ortho intramolecular Hbond substituents is 4. The summed E-state index contributed by atoms with van der Waals surface area (Å²) < 4.78 is 0. The van der Waals surface area contributed by atoms with Crippen molar-refractivity contribution in [3.8, 4) is 91.3 Å². The molecule has 2 heterocycles. The van der Waals surface area contributed by atoms with Crippen molar-refractivity contribution in [2.75, 3.05) is 26.2 Å². The minimum absolute atomic E-state index is 0.00244. The lowest BCUT2D eigenvalue weighted by atomic mass is 10.0. The molecule has 2 aromatic heterocycles. The van der Waals surface area contributed by atoms with Crippen molar-refractivity contribution in [2.24, 2.45) is 0 Å². The van der Waals surface area contributed by atoms with Crippen LogP contribution in [0.2, 0.25) is 0 Å². The molecule has 396 valence electrons. The zero-order valence-corrected chi connectivity index (χ0v) is 45.5. The van der Waals surface area contributed by atoms with E-state index in [-0.39, 0.29) is 23.0 Å². The molecule has 77 heavy (non-hydrogen) atoms. The number of benzene rings is 6. The second-order valence-electron chi connectivity index (χ2n) is 18.6. The molecule has 13 heteroatoms. The van der Waals surface area contributed by atoms with Crippen LogP contribution in [-0.2, 0) is 11.3 Å². The summed E-state index contributed by atoms with van der Waals surface area (Å²) in [5, 5.41) is 45.1. The van der Waals surface area contributed by atoms with Crippen LogP contribution in [0.25, 0.3) is 68.3 Å². The zero-order valence-electron chi connectivity index (χ0n) is 45.5. The molecule has 8 aromatic rings. The van der Waals surface area contributed by atoms with Gasteiger partial charge in [0.1, 0.15) is 29.8 Å². The summed E-state index contributed by atoms with van der Waals surface area (Å²) in [4.78, 5) is 38.6. The molecule has 0 fully saturated rings. The van der Waals surface area contributed by atoms with Crippen LogP contribution in [0.3, 0.4) is 0 Å². The lowest BCUT2D eigenvalue weighted by Gasteiger charge is -2.21. The van der Waals surface area contributed by atoms with E-state index in [1.165, 1.54) is 12.1 Å². The molecule has 0 amide bonds. The van der Waals surface area contributed by atoms with Gasteiger partial charge in [-0.1, -0.05) is 119 Å². The van der Waals surface area contributed by atoms with Gasteiger partial charge in [0, 0.05) is 61.0 Å². The number of rotatable bonds is 16. The molecule has 0 radical (unpaired) electrons. The molecule has 0 aliphatic heterocycles. The number of hydrogen-bond donors (Lipinski definition) is 5. The fourth-order valence-electron chi connectivity index (χ4n) is 8.48. The molecule has 5 N–H and O–H groups in total. The summed E-state index contributed by atoms with van der Waals surface area (Å²) in [6.45, 7) is 36.2. The highest BCUT2D eigenvalue weighted by atomic mass is 16.3. The summed E-state index contributed by atoms with van der Waals surface area (Å²) in [5.41, 5.74) is 13.7. The number of aromatic hydroxyl groups is 4. The summed E-state index contributed by atoms with van der Waals surface area (Å²) in [6.07, 6.45) is 7.20. The van der Waals surface area contributed by atoms with E-state index in [1.54, 1.807) is 30.4 Å². The number of aryl methyl sites for hydroxylation is 8. The van der Waals surface area contributed by atoms with Gasteiger partial charge >= 0.3 is 0 Å². The highest BCUT2D eigenvalue weighted by molar-refractivity contribution is 5.75. The maximum atomic E-state index is 11.4. The first-order chi connectivity index (χ1) is 36.9. The Bertz CT molecular complexity index is 3130. The largest absolute Gasteiger partial charge is 0.508 e. The average molecular weight is 1030 g/mol. The Hall–Kier alpha value is -8.91. The fourth-order valence-corrected chi connectivity index (χ4v) is 8.48. The van der Waals surface area contributed by atoms with Crippen LogP contribution in [0.5, 0.6) is 23.0 Å². The second-order valence-corrected chi connectivity index (χ2v) is 18.6. The van der Waals surface area contributed by atoms with Crippen molar-refractivity contribution in [3.05, 3.63) is 204 Å². The van der Waals surface area contributed by atoms with Crippen LogP contribution < -0.4 is 5.32 Å². The van der Waals surface area contributed by atoms with Crippen molar-refractivity contribution in [1.29, 1.82) is 0 Å². The molecule has 6 aromatic carbocycles. The third-order valence-electron chi connectivity index (χ3n) is 12.2. The van der Waals surface area contributed by atoms with Gasteiger partial charge in [-0.3, -0.25) is 4.90 Å². The molecule has 0 saturated heterocycles. The van der Waals surface area contributed by atoms with Crippen molar-refractivity contribution in [1.82, 2.24) is 40.1 Å². The predicted molar refractivity (Wildman–Crippen MR) is 313 cm³/mol. The van der Waals surface area contributed by atoms with Gasteiger partial charge in [-0.05, 0) is 102 Å². The Balaban J connectivity index is 0.000000250.